The Morgan fingerprint density at radius 3 is 2.85 bits per heavy atom. The highest BCUT2D eigenvalue weighted by Gasteiger charge is 2.12. The molecule has 3 aromatic rings. The van der Waals surface area contributed by atoms with E-state index in [0.717, 1.165) is 10.9 Å². The molecule has 0 radical (unpaired) electrons. The number of pyridine rings is 1. The van der Waals surface area contributed by atoms with Crippen LogP contribution in [0.4, 0.5) is 5.69 Å². The van der Waals surface area contributed by atoms with Crippen molar-refractivity contribution in [3.63, 3.8) is 0 Å². The van der Waals surface area contributed by atoms with Crippen molar-refractivity contribution in [1.82, 2.24) is 4.98 Å². The van der Waals surface area contributed by atoms with Gasteiger partial charge in [-0.3, -0.25) is 9.78 Å². The topological polar surface area (TPSA) is 95.2 Å². The molecule has 3 rings (SSSR count). The number of ether oxygens (including phenoxy) is 1. The highest BCUT2D eigenvalue weighted by Crippen LogP contribution is 2.27. The number of phenols is 1. The predicted octanol–water partition coefficient (Wildman–Crippen LogP) is 3.49. The molecule has 0 atom stereocenters. The van der Waals surface area contributed by atoms with E-state index >= 15 is 0 Å². The molecule has 2 N–H and O–H groups in total. The van der Waals surface area contributed by atoms with Crippen LogP contribution in [0.2, 0.25) is 0 Å². The monoisotopic (exact) mass is 345 g/mol. The summed E-state index contributed by atoms with van der Waals surface area (Å²) in [7, 11) is 1.44. The maximum Gasteiger partial charge on any atom is 0.266 e. The number of hydrogen-bond acceptors (Lipinski definition) is 5. The van der Waals surface area contributed by atoms with Gasteiger partial charge in [0.05, 0.1) is 18.3 Å². The van der Waals surface area contributed by atoms with Crippen molar-refractivity contribution in [3.8, 4) is 17.6 Å². The molecule has 0 aliphatic carbocycles. The van der Waals surface area contributed by atoms with Gasteiger partial charge >= 0.3 is 0 Å². The number of rotatable bonds is 4. The Kier molecular flexibility index (Phi) is 4.81. The Labute approximate surface area is 150 Å². The van der Waals surface area contributed by atoms with E-state index in [0.29, 0.717) is 17.0 Å². The summed E-state index contributed by atoms with van der Waals surface area (Å²) in [5.41, 5.74) is 1.73. The maximum atomic E-state index is 12.5. The van der Waals surface area contributed by atoms with E-state index in [4.69, 9.17) is 4.74 Å². The van der Waals surface area contributed by atoms with Crippen molar-refractivity contribution in [3.05, 3.63) is 65.9 Å². The summed E-state index contributed by atoms with van der Waals surface area (Å²) >= 11 is 0. The van der Waals surface area contributed by atoms with Gasteiger partial charge in [-0.2, -0.15) is 5.26 Å². The molecule has 0 fully saturated rings. The van der Waals surface area contributed by atoms with Crippen molar-refractivity contribution in [1.29, 1.82) is 5.26 Å². The third kappa shape index (κ3) is 3.47. The largest absolute Gasteiger partial charge is 0.504 e. The lowest BCUT2D eigenvalue weighted by atomic mass is 10.1. The SMILES string of the molecule is COc1ccc(C=C(C#N)C(=O)Nc2cccc3ncccc23)cc1O. The average Bonchev–Trinajstić information content (AvgIpc) is 2.66. The number of benzene rings is 2. The zero-order valence-electron chi connectivity index (χ0n) is 13.9. The van der Waals surface area contributed by atoms with Crippen molar-refractivity contribution in [2.45, 2.75) is 0 Å². The highest BCUT2D eigenvalue weighted by atomic mass is 16.5. The third-order valence-electron chi connectivity index (χ3n) is 3.77. The minimum atomic E-state index is -0.542. The molecule has 6 nitrogen and oxygen atoms in total. The molecular formula is C20H15N3O3. The Hall–Kier alpha value is -3.85. The van der Waals surface area contributed by atoms with Gasteiger partial charge in [-0.05, 0) is 48.0 Å². The van der Waals surface area contributed by atoms with Crippen LogP contribution in [0.15, 0.2) is 60.3 Å². The second-order valence-corrected chi connectivity index (χ2v) is 5.43. The minimum absolute atomic E-state index is 0.0703. The fourth-order valence-corrected chi connectivity index (χ4v) is 2.51. The fourth-order valence-electron chi connectivity index (χ4n) is 2.51. The number of hydrogen-bond donors (Lipinski definition) is 2. The Balaban J connectivity index is 1.89. The van der Waals surface area contributed by atoms with Crippen LogP contribution in [0, 0.1) is 11.3 Å². The zero-order valence-corrected chi connectivity index (χ0v) is 13.9. The first-order chi connectivity index (χ1) is 12.6. The molecule has 1 amide bonds. The van der Waals surface area contributed by atoms with Gasteiger partial charge in [0, 0.05) is 11.6 Å². The van der Waals surface area contributed by atoms with E-state index in [9.17, 15) is 15.2 Å². The molecule has 6 heteroatoms. The van der Waals surface area contributed by atoms with E-state index in [2.05, 4.69) is 10.3 Å². The molecule has 0 unspecified atom stereocenters. The van der Waals surface area contributed by atoms with Crippen LogP contribution >= 0.6 is 0 Å². The van der Waals surface area contributed by atoms with Crippen LogP contribution in [0.3, 0.4) is 0 Å². The summed E-state index contributed by atoms with van der Waals surface area (Å²) in [6, 6.07) is 15.5. The minimum Gasteiger partial charge on any atom is -0.504 e. The Morgan fingerprint density at radius 2 is 2.12 bits per heavy atom. The number of aromatic hydroxyl groups is 1. The summed E-state index contributed by atoms with van der Waals surface area (Å²) in [6.45, 7) is 0. The van der Waals surface area contributed by atoms with Gasteiger partial charge in [-0.25, -0.2) is 0 Å². The third-order valence-corrected chi connectivity index (χ3v) is 3.77. The number of amides is 1. The lowest BCUT2D eigenvalue weighted by Gasteiger charge is -2.08. The molecule has 1 heterocycles. The average molecular weight is 345 g/mol. The molecule has 0 aliphatic heterocycles. The zero-order chi connectivity index (χ0) is 18.5. The summed E-state index contributed by atoms with van der Waals surface area (Å²) in [5, 5.41) is 22.7. The number of nitriles is 1. The second-order valence-electron chi connectivity index (χ2n) is 5.43. The Bertz CT molecular complexity index is 1050. The second kappa shape index (κ2) is 7.36. The van der Waals surface area contributed by atoms with Crippen molar-refractivity contribution in [2.24, 2.45) is 0 Å². The molecule has 1 aromatic heterocycles. The van der Waals surface area contributed by atoms with E-state index in [1.165, 1.54) is 19.3 Å². The molecule has 0 saturated carbocycles. The first kappa shape index (κ1) is 17.0. The molecule has 0 saturated heterocycles. The van der Waals surface area contributed by atoms with Crippen LogP contribution in [0.25, 0.3) is 17.0 Å². The van der Waals surface area contributed by atoms with Gasteiger partial charge in [0.25, 0.3) is 5.91 Å². The van der Waals surface area contributed by atoms with Gasteiger partial charge in [-0.1, -0.05) is 12.1 Å². The van der Waals surface area contributed by atoms with Gasteiger partial charge in [-0.15, -0.1) is 0 Å². The number of nitrogens with zero attached hydrogens (tertiary/aromatic N) is 2. The molecule has 0 bridgehead atoms. The first-order valence-corrected chi connectivity index (χ1v) is 7.76. The number of anilines is 1. The fraction of sp³-hybridized carbons (Fsp3) is 0.0500. The smallest absolute Gasteiger partial charge is 0.266 e. The van der Waals surface area contributed by atoms with Gasteiger partial charge < -0.3 is 15.2 Å². The number of aromatic nitrogens is 1. The standard InChI is InChI=1S/C20H15N3O3/c1-26-19-8-7-13(11-18(19)24)10-14(12-21)20(25)23-17-6-2-5-16-15(17)4-3-9-22-16/h2-11,24H,1H3,(H,23,25). The molecule has 0 spiro atoms. The van der Waals surface area contributed by atoms with Crippen LogP contribution < -0.4 is 10.1 Å². The quantitative estimate of drug-likeness (QED) is 0.557. The molecule has 2 aromatic carbocycles. The van der Waals surface area contributed by atoms with Gasteiger partial charge in [0.2, 0.25) is 0 Å². The van der Waals surface area contributed by atoms with Gasteiger partial charge in [0.1, 0.15) is 11.6 Å². The van der Waals surface area contributed by atoms with E-state index in [1.807, 2.05) is 18.2 Å². The number of carbonyl (C=O) groups excluding carboxylic acids is 1. The number of fused-ring (bicyclic) bond motifs is 1. The Morgan fingerprint density at radius 1 is 1.27 bits per heavy atom. The lowest BCUT2D eigenvalue weighted by Crippen LogP contribution is -2.13. The van der Waals surface area contributed by atoms with E-state index < -0.39 is 5.91 Å². The number of carbonyl (C=O) groups is 1. The summed E-state index contributed by atoms with van der Waals surface area (Å²) in [4.78, 5) is 16.7. The number of nitrogens with one attached hydrogen (secondary N) is 1. The van der Waals surface area contributed by atoms with E-state index in [-0.39, 0.29) is 11.3 Å². The predicted molar refractivity (Wildman–Crippen MR) is 98.6 cm³/mol. The molecule has 128 valence electrons. The highest BCUT2D eigenvalue weighted by molar-refractivity contribution is 6.12. The summed E-state index contributed by atoms with van der Waals surface area (Å²) < 4.78 is 4.98. The van der Waals surface area contributed by atoms with Crippen LogP contribution in [0.5, 0.6) is 11.5 Å². The van der Waals surface area contributed by atoms with Gasteiger partial charge in [0.15, 0.2) is 11.5 Å². The maximum absolute atomic E-state index is 12.5. The first-order valence-electron chi connectivity index (χ1n) is 7.76. The van der Waals surface area contributed by atoms with Crippen molar-refractivity contribution < 1.29 is 14.6 Å². The van der Waals surface area contributed by atoms with Crippen LogP contribution in [0.1, 0.15) is 5.56 Å². The lowest BCUT2D eigenvalue weighted by molar-refractivity contribution is -0.112. The molecule has 0 aliphatic rings. The van der Waals surface area contributed by atoms with Crippen LogP contribution in [-0.4, -0.2) is 23.1 Å². The molecular weight excluding hydrogens is 330 g/mol. The number of phenolic OH excluding ortho intramolecular Hbond substituents is 1. The normalized spacial score (nSPS) is 11.0. The van der Waals surface area contributed by atoms with E-state index in [1.54, 1.807) is 36.5 Å². The summed E-state index contributed by atoms with van der Waals surface area (Å²) in [5.74, 6) is -0.299. The van der Waals surface area contributed by atoms with Crippen molar-refractivity contribution >= 4 is 28.6 Å². The van der Waals surface area contributed by atoms with Crippen LogP contribution in [-0.2, 0) is 4.79 Å². The van der Waals surface area contributed by atoms with Crippen molar-refractivity contribution in [2.75, 3.05) is 12.4 Å². The summed E-state index contributed by atoms with van der Waals surface area (Å²) in [6.07, 6.45) is 3.07. The number of methoxy groups -OCH3 is 1. The molecule has 26 heavy (non-hydrogen) atoms.